The Labute approximate surface area is 100 Å². The van der Waals surface area contributed by atoms with Gasteiger partial charge in [-0.15, -0.1) is 0 Å². The molecule has 1 aliphatic carbocycles. The fourth-order valence-electron chi connectivity index (χ4n) is 1.69. The monoisotopic (exact) mass is 244 g/mol. The van der Waals surface area contributed by atoms with Crippen LogP contribution in [0.4, 0.5) is 0 Å². The van der Waals surface area contributed by atoms with Crippen LogP contribution in [0.25, 0.3) is 0 Å². The zero-order chi connectivity index (χ0) is 10.8. The van der Waals surface area contributed by atoms with Crippen LogP contribution >= 0.6 is 23.2 Å². The first-order valence-corrected chi connectivity index (χ1v) is 6.05. The van der Waals surface area contributed by atoms with Crippen molar-refractivity contribution < 1.29 is 5.11 Å². The van der Waals surface area contributed by atoms with Crippen molar-refractivity contribution in [1.82, 2.24) is 0 Å². The lowest BCUT2D eigenvalue weighted by Gasteiger charge is -2.11. The van der Waals surface area contributed by atoms with E-state index in [1.54, 1.807) is 12.1 Å². The van der Waals surface area contributed by atoms with Crippen molar-refractivity contribution in [2.24, 2.45) is 5.92 Å². The Morgan fingerprint density at radius 3 is 2.60 bits per heavy atom. The second-order valence-electron chi connectivity index (χ2n) is 4.21. The maximum absolute atomic E-state index is 9.91. The van der Waals surface area contributed by atoms with Crippen molar-refractivity contribution in [2.45, 2.75) is 31.8 Å². The van der Waals surface area contributed by atoms with Gasteiger partial charge in [-0.1, -0.05) is 42.1 Å². The molecule has 0 aliphatic heterocycles. The van der Waals surface area contributed by atoms with Gasteiger partial charge in [-0.2, -0.15) is 0 Å². The third-order valence-electron chi connectivity index (χ3n) is 2.87. The van der Waals surface area contributed by atoms with E-state index in [-0.39, 0.29) is 0 Å². The Balaban J connectivity index is 1.97. The van der Waals surface area contributed by atoms with Gasteiger partial charge in [0.2, 0.25) is 0 Å². The number of halogens is 2. The third-order valence-corrected chi connectivity index (χ3v) is 3.61. The molecule has 1 aliphatic rings. The van der Waals surface area contributed by atoms with Crippen molar-refractivity contribution in [3.63, 3.8) is 0 Å². The first-order chi connectivity index (χ1) is 7.16. The smallest absolute Gasteiger partial charge is 0.0790 e. The molecule has 1 unspecified atom stereocenters. The molecule has 2 rings (SSSR count). The fourth-order valence-corrected chi connectivity index (χ4v) is 1.99. The third kappa shape index (κ3) is 3.10. The first kappa shape index (κ1) is 11.3. The van der Waals surface area contributed by atoms with Crippen molar-refractivity contribution >= 4 is 23.2 Å². The average Bonchev–Trinajstić information content (AvgIpc) is 3.02. The van der Waals surface area contributed by atoms with Gasteiger partial charge in [0, 0.05) is 0 Å². The number of aliphatic hydroxyl groups is 1. The second kappa shape index (κ2) is 4.73. The molecule has 0 bridgehead atoms. The lowest BCUT2D eigenvalue weighted by Crippen LogP contribution is -1.97. The summed E-state index contributed by atoms with van der Waals surface area (Å²) in [6.45, 7) is 0. The summed E-state index contributed by atoms with van der Waals surface area (Å²) in [5.41, 5.74) is 0.866. The highest BCUT2D eigenvalue weighted by Crippen LogP contribution is 2.36. The minimum atomic E-state index is -0.402. The molecule has 3 heteroatoms. The summed E-state index contributed by atoms with van der Waals surface area (Å²) in [5, 5.41) is 11.0. The van der Waals surface area contributed by atoms with Crippen molar-refractivity contribution in [2.75, 3.05) is 0 Å². The summed E-state index contributed by atoms with van der Waals surface area (Å²) < 4.78 is 0. The van der Waals surface area contributed by atoms with E-state index in [0.29, 0.717) is 10.0 Å². The maximum Gasteiger partial charge on any atom is 0.0790 e. The summed E-state index contributed by atoms with van der Waals surface area (Å²) in [6, 6.07) is 5.33. The minimum absolute atomic E-state index is 0.402. The first-order valence-electron chi connectivity index (χ1n) is 5.30. The average molecular weight is 245 g/mol. The zero-order valence-corrected chi connectivity index (χ0v) is 9.93. The van der Waals surface area contributed by atoms with Crippen LogP contribution in [0.15, 0.2) is 18.2 Å². The molecular weight excluding hydrogens is 231 g/mol. The van der Waals surface area contributed by atoms with Crippen LogP contribution < -0.4 is 0 Å². The Morgan fingerprint density at radius 2 is 2.00 bits per heavy atom. The number of aliphatic hydroxyl groups excluding tert-OH is 1. The summed E-state index contributed by atoms with van der Waals surface area (Å²) >= 11 is 11.7. The van der Waals surface area contributed by atoms with Gasteiger partial charge < -0.3 is 5.11 Å². The van der Waals surface area contributed by atoms with E-state index in [1.165, 1.54) is 12.8 Å². The molecular formula is C12H14Cl2O. The van der Waals surface area contributed by atoms with Gasteiger partial charge in [0.15, 0.2) is 0 Å². The summed E-state index contributed by atoms with van der Waals surface area (Å²) in [6.07, 6.45) is 4.19. The summed E-state index contributed by atoms with van der Waals surface area (Å²) in [4.78, 5) is 0. The fraction of sp³-hybridized carbons (Fsp3) is 0.500. The van der Waals surface area contributed by atoms with Gasteiger partial charge in [0.1, 0.15) is 0 Å². The van der Waals surface area contributed by atoms with Crippen LogP contribution in [0.3, 0.4) is 0 Å². The topological polar surface area (TPSA) is 20.2 Å². The van der Waals surface area contributed by atoms with Crippen LogP contribution in [0, 0.1) is 5.92 Å². The summed E-state index contributed by atoms with van der Waals surface area (Å²) in [5.74, 6) is 0.849. The second-order valence-corrected chi connectivity index (χ2v) is 5.02. The Kier molecular flexibility index (Phi) is 3.55. The molecule has 1 aromatic rings. The van der Waals surface area contributed by atoms with Crippen molar-refractivity contribution in [3.05, 3.63) is 33.8 Å². The molecule has 82 valence electrons. The molecule has 0 heterocycles. The molecule has 1 N–H and O–H groups in total. The van der Waals surface area contributed by atoms with E-state index in [9.17, 15) is 5.11 Å². The number of rotatable bonds is 4. The number of hydrogen-bond donors (Lipinski definition) is 1. The molecule has 15 heavy (non-hydrogen) atoms. The van der Waals surface area contributed by atoms with E-state index < -0.39 is 6.10 Å². The molecule has 1 fully saturated rings. The largest absolute Gasteiger partial charge is 0.388 e. The highest BCUT2D eigenvalue weighted by molar-refractivity contribution is 6.42. The quantitative estimate of drug-likeness (QED) is 0.842. The molecule has 0 aromatic heterocycles. The van der Waals surface area contributed by atoms with E-state index in [2.05, 4.69) is 0 Å². The van der Waals surface area contributed by atoms with Crippen LogP contribution in [-0.4, -0.2) is 5.11 Å². The number of hydrogen-bond acceptors (Lipinski definition) is 1. The zero-order valence-electron chi connectivity index (χ0n) is 8.42. The molecule has 0 amide bonds. The standard InChI is InChI=1S/C12H14Cl2O/c13-10-5-4-9(7-11(10)14)12(15)6-3-8-1-2-8/h4-5,7-8,12,15H,1-3,6H2. The van der Waals surface area contributed by atoms with E-state index in [4.69, 9.17) is 23.2 Å². The van der Waals surface area contributed by atoms with Gasteiger partial charge in [0.25, 0.3) is 0 Å². The SMILES string of the molecule is OC(CCC1CC1)c1ccc(Cl)c(Cl)c1. The van der Waals surface area contributed by atoms with Gasteiger partial charge in [-0.25, -0.2) is 0 Å². The maximum atomic E-state index is 9.91. The van der Waals surface area contributed by atoms with Crippen LogP contribution in [0.5, 0.6) is 0 Å². The Morgan fingerprint density at radius 1 is 1.27 bits per heavy atom. The van der Waals surface area contributed by atoms with Gasteiger partial charge >= 0.3 is 0 Å². The van der Waals surface area contributed by atoms with Crippen molar-refractivity contribution in [1.29, 1.82) is 0 Å². The molecule has 0 spiro atoms. The minimum Gasteiger partial charge on any atom is -0.388 e. The molecule has 1 aromatic carbocycles. The lowest BCUT2D eigenvalue weighted by atomic mass is 10.0. The Hall–Kier alpha value is -0.240. The normalized spacial score (nSPS) is 17.8. The van der Waals surface area contributed by atoms with Crippen LogP contribution in [0.1, 0.15) is 37.4 Å². The molecule has 1 saturated carbocycles. The highest BCUT2D eigenvalue weighted by atomic mass is 35.5. The van der Waals surface area contributed by atoms with Gasteiger partial charge in [0.05, 0.1) is 16.1 Å². The predicted molar refractivity (Wildman–Crippen MR) is 63.4 cm³/mol. The molecule has 1 nitrogen and oxygen atoms in total. The summed E-state index contributed by atoms with van der Waals surface area (Å²) in [7, 11) is 0. The lowest BCUT2D eigenvalue weighted by molar-refractivity contribution is 0.162. The van der Waals surface area contributed by atoms with Crippen LogP contribution in [-0.2, 0) is 0 Å². The van der Waals surface area contributed by atoms with Crippen LogP contribution in [0.2, 0.25) is 10.0 Å². The van der Waals surface area contributed by atoms with Crippen molar-refractivity contribution in [3.8, 4) is 0 Å². The Bertz CT molecular complexity index is 347. The number of benzene rings is 1. The highest BCUT2D eigenvalue weighted by Gasteiger charge is 2.22. The predicted octanol–water partition coefficient (Wildman–Crippen LogP) is 4.22. The van der Waals surface area contributed by atoms with Gasteiger partial charge in [-0.05, 0) is 36.5 Å². The van der Waals surface area contributed by atoms with E-state index in [0.717, 1.165) is 24.3 Å². The van der Waals surface area contributed by atoms with E-state index >= 15 is 0 Å². The van der Waals surface area contributed by atoms with Gasteiger partial charge in [-0.3, -0.25) is 0 Å². The van der Waals surface area contributed by atoms with E-state index in [1.807, 2.05) is 6.07 Å². The molecule has 0 radical (unpaired) electrons. The molecule has 1 atom stereocenters. The molecule has 0 saturated heterocycles.